The Hall–Kier alpha value is -1.60. The highest BCUT2D eigenvalue weighted by Gasteiger charge is 2.09. The largest absolute Gasteiger partial charge is 0.320 e. The molecular formula is C18H23N. The van der Waals surface area contributed by atoms with Crippen LogP contribution in [0.1, 0.15) is 47.2 Å². The van der Waals surface area contributed by atoms with Gasteiger partial charge in [0, 0.05) is 0 Å². The van der Waals surface area contributed by atoms with Crippen LogP contribution in [0.15, 0.2) is 42.5 Å². The van der Waals surface area contributed by atoms with Crippen LogP contribution in [-0.4, -0.2) is 0 Å². The van der Waals surface area contributed by atoms with Crippen LogP contribution < -0.4 is 5.73 Å². The average molecular weight is 253 g/mol. The lowest BCUT2D eigenvalue weighted by molar-refractivity contribution is 0.862. The second kappa shape index (κ2) is 6.03. The van der Waals surface area contributed by atoms with Crippen molar-refractivity contribution in [2.75, 3.05) is 0 Å². The summed E-state index contributed by atoms with van der Waals surface area (Å²) in [6.45, 7) is 6.44. The van der Waals surface area contributed by atoms with E-state index in [0.29, 0.717) is 0 Å². The topological polar surface area (TPSA) is 26.0 Å². The molecule has 0 saturated carbocycles. The first-order valence-electron chi connectivity index (χ1n) is 7.02. The van der Waals surface area contributed by atoms with Gasteiger partial charge < -0.3 is 5.73 Å². The molecule has 2 rings (SSSR count). The van der Waals surface area contributed by atoms with Gasteiger partial charge in [0.15, 0.2) is 0 Å². The summed E-state index contributed by atoms with van der Waals surface area (Å²) in [5, 5.41) is 0. The fourth-order valence-electron chi connectivity index (χ4n) is 2.56. The molecule has 0 bridgehead atoms. The van der Waals surface area contributed by atoms with E-state index in [2.05, 4.69) is 63.2 Å². The van der Waals surface area contributed by atoms with Gasteiger partial charge in [0.1, 0.15) is 0 Å². The third-order valence-electron chi connectivity index (χ3n) is 3.48. The second-order valence-electron chi connectivity index (χ2n) is 5.39. The number of rotatable bonds is 4. The third-order valence-corrected chi connectivity index (χ3v) is 3.48. The summed E-state index contributed by atoms with van der Waals surface area (Å²) in [4.78, 5) is 0. The molecule has 0 aromatic heterocycles. The maximum atomic E-state index is 6.38. The Balaban J connectivity index is 2.25. The smallest absolute Gasteiger partial charge is 0.0551 e. The van der Waals surface area contributed by atoms with Crippen molar-refractivity contribution in [1.82, 2.24) is 0 Å². The summed E-state index contributed by atoms with van der Waals surface area (Å²) in [6.07, 6.45) is 2.32. The van der Waals surface area contributed by atoms with Gasteiger partial charge >= 0.3 is 0 Å². The van der Waals surface area contributed by atoms with E-state index >= 15 is 0 Å². The Morgan fingerprint density at radius 3 is 2.00 bits per heavy atom. The van der Waals surface area contributed by atoms with Gasteiger partial charge in [0.2, 0.25) is 0 Å². The average Bonchev–Trinajstić information content (AvgIpc) is 2.38. The first-order chi connectivity index (χ1) is 9.10. The first-order valence-corrected chi connectivity index (χ1v) is 7.02. The normalized spacial score (nSPS) is 12.4. The summed E-state index contributed by atoms with van der Waals surface area (Å²) >= 11 is 0. The summed E-state index contributed by atoms with van der Waals surface area (Å²) in [5.74, 6) is 0. The summed E-state index contributed by atoms with van der Waals surface area (Å²) < 4.78 is 0. The monoisotopic (exact) mass is 253 g/mol. The molecule has 1 nitrogen and oxygen atoms in total. The fourth-order valence-corrected chi connectivity index (χ4v) is 2.56. The van der Waals surface area contributed by atoms with Crippen molar-refractivity contribution in [3.63, 3.8) is 0 Å². The lowest BCUT2D eigenvalue weighted by Crippen LogP contribution is -2.12. The maximum Gasteiger partial charge on any atom is 0.0551 e. The Bertz CT molecular complexity index is 520. The summed E-state index contributed by atoms with van der Waals surface area (Å²) in [6, 6.07) is 15.2. The van der Waals surface area contributed by atoms with Gasteiger partial charge in [-0.2, -0.15) is 0 Å². The quantitative estimate of drug-likeness (QED) is 0.863. The van der Waals surface area contributed by atoms with Crippen molar-refractivity contribution in [1.29, 1.82) is 0 Å². The lowest BCUT2D eigenvalue weighted by Gasteiger charge is -2.15. The minimum absolute atomic E-state index is 0.0331. The SMILES string of the molecule is CCCc1ccc(C(N)c2cc(C)cc(C)c2)cc1. The molecule has 0 aliphatic heterocycles. The molecule has 2 aromatic carbocycles. The Morgan fingerprint density at radius 1 is 0.895 bits per heavy atom. The van der Waals surface area contributed by atoms with Crippen molar-refractivity contribution in [2.45, 2.75) is 39.7 Å². The number of hydrogen-bond donors (Lipinski definition) is 1. The van der Waals surface area contributed by atoms with Crippen LogP contribution in [-0.2, 0) is 6.42 Å². The van der Waals surface area contributed by atoms with Gasteiger partial charge in [-0.15, -0.1) is 0 Å². The van der Waals surface area contributed by atoms with Crippen molar-refractivity contribution < 1.29 is 0 Å². The van der Waals surface area contributed by atoms with Crippen LogP contribution in [0.4, 0.5) is 0 Å². The Morgan fingerprint density at radius 2 is 1.47 bits per heavy atom. The number of benzene rings is 2. The van der Waals surface area contributed by atoms with Gasteiger partial charge in [-0.05, 0) is 37.0 Å². The summed E-state index contributed by atoms with van der Waals surface area (Å²) in [5.41, 5.74) is 12.7. The zero-order valence-electron chi connectivity index (χ0n) is 12.1. The predicted molar refractivity (Wildman–Crippen MR) is 82.4 cm³/mol. The standard InChI is InChI=1S/C18H23N/c1-4-5-15-6-8-16(9-7-15)18(19)17-11-13(2)10-14(3)12-17/h6-12,18H,4-5,19H2,1-3H3. The van der Waals surface area contributed by atoms with Crippen molar-refractivity contribution >= 4 is 0 Å². The van der Waals surface area contributed by atoms with Crippen LogP contribution in [0.3, 0.4) is 0 Å². The number of aryl methyl sites for hydroxylation is 3. The predicted octanol–water partition coefficient (Wildman–Crippen LogP) is 4.30. The van der Waals surface area contributed by atoms with Gasteiger partial charge in [0.25, 0.3) is 0 Å². The third kappa shape index (κ3) is 3.45. The molecule has 2 aromatic rings. The molecule has 2 N–H and O–H groups in total. The molecule has 0 aliphatic rings. The molecule has 0 aliphatic carbocycles. The number of hydrogen-bond acceptors (Lipinski definition) is 1. The Labute approximate surface area is 116 Å². The highest BCUT2D eigenvalue weighted by Crippen LogP contribution is 2.22. The summed E-state index contributed by atoms with van der Waals surface area (Å²) in [7, 11) is 0. The molecule has 0 spiro atoms. The van der Waals surface area contributed by atoms with Gasteiger partial charge in [-0.1, -0.05) is 66.9 Å². The molecule has 1 atom stereocenters. The van der Waals surface area contributed by atoms with E-state index in [9.17, 15) is 0 Å². The first kappa shape index (κ1) is 13.8. The zero-order valence-corrected chi connectivity index (χ0v) is 12.1. The van der Waals surface area contributed by atoms with E-state index in [0.717, 1.165) is 6.42 Å². The lowest BCUT2D eigenvalue weighted by atomic mass is 9.95. The minimum Gasteiger partial charge on any atom is -0.320 e. The molecule has 1 unspecified atom stereocenters. The van der Waals surface area contributed by atoms with Gasteiger partial charge in [-0.3, -0.25) is 0 Å². The molecule has 100 valence electrons. The van der Waals surface area contributed by atoms with Gasteiger partial charge in [0.05, 0.1) is 6.04 Å². The highest BCUT2D eigenvalue weighted by molar-refractivity contribution is 5.37. The zero-order chi connectivity index (χ0) is 13.8. The van der Waals surface area contributed by atoms with E-state index in [-0.39, 0.29) is 6.04 Å². The highest BCUT2D eigenvalue weighted by atomic mass is 14.6. The molecule has 1 heteroatoms. The Kier molecular flexibility index (Phi) is 4.39. The minimum atomic E-state index is -0.0331. The van der Waals surface area contributed by atoms with Crippen molar-refractivity contribution in [3.8, 4) is 0 Å². The molecule has 0 saturated heterocycles. The fraction of sp³-hybridized carbons (Fsp3) is 0.333. The van der Waals surface area contributed by atoms with Crippen LogP contribution in [0.2, 0.25) is 0 Å². The molecule has 0 radical (unpaired) electrons. The van der Waals surface area contributed by atoms with Crippen LogP contribution in [0, 0.1) is 13.8 Å². The maximum absolute atomic E-state index is 6.38. The van der Waals surface area contributed by atoms with Crippen molar-refractivity contribution in [2.24, 2.45) is 5.73 Å². The van der Waals surface area contributed by atoms with E-state index in [1.165, 1.54) is 34.2 Å². The van der Waals surface area contributed by atoms with Crippen molar-refractivity contribution in [3.05, 3.63) is 70.3 Å². The molecule has 0 fully saturated rings. The van der Waals surface area contributed by atoms with E-state index in [1.807, 2.05) is 0 Å². The number of nitrogens with two attached hydrogens (primary N) is 1. The van der Waals surface area contributed by atoms with E-state index < -0.39 is 0 Å². The molecule has 19 heavy (non-hydrogen) atoms. The van der Waals surface area contributed by atoms with Gasteiger partial charge in [-0.25, -0.2) is 0 Å². The second-order valence-corrected chi connectivity index (χ2v) is 5.39. The molecule has 0 amide bonds. The molecule has 0 heterocycles. The van der Waals surface area contributed by atoms with E-state index in [1.54, 1.807) is 0 Å². The van der Waals surface area contributed by atoms with Crippen LogP contribution in [0.5, 0.6) is 0 Å². The van der Waals surface area contributed by atoms with E-state index in [4.69, 9.17) is 5.73 Å². The van der Waals surface area contributed by atoms with Crippen LogP contribution >= 0.6 is 0 Å². The molecular weight excluding hydrogens is 230 g/mol. The van der Waals surface area contributed by atoms with Crippen LogP contribution in [0.25, 0.3) is 0 Å².